The number of carbonyl (C=O) groups excluding carboxylic acids is 2. The Labute approximate surface area is 215 Å². The van der Waals surface area contributed by atoms with Crippen LogP contribution in [0.5, 0.6) is 0 Å². The summed E-state index contributed by atoms with van der Waals surface area (Å²) in [6.45, 7) is 7.44. The van der Waals surface area contributed by atoms with Gasteiger partial charge in [0.05, 0.1) is 0 Å². The Balaban J connectivity index is 3.11. The average Bonchev–Trinajstić information content (AvgIpc) is 2.83. The Hall–Kier alpha value is -5.02. The molecule has 0 heterocycles. The normalized spacial score (nSPS) is 26.4. The molecule has 0 unspecified atom stereocenters. The van der Waals surface area contributed by atoms with E-state index in [1.165, 1.54) is 24.3 Å². The van der Waals surface area contributed by atoms with Crippen molar-refractivity contribution in [3.8, 4) is 47.4 Å². The lowest BCUT2D eigenvalue weighted by Crippen LogP contribution is -1.83. The molecule has 0 N–H and O–H groups in total. The summed E-state index contributed by atoms with van der Waals surface area (Å²) < 4.78 is 0. The van der Waals surface area contributed by atoms with E-state index in [1.807, 2.05) is 52.0 Å². The van der Waals surface area contributed by atoms with Gasteiger partial charge in [0.1, 0.15) is 0 Å². The summed E-state index contributed by atoms with van der Waals surface area (Å²) in [4.78, 5) is 23.8. The van der Waals surface area contributed by atoms with E-state index >= 15 is 0 Å². The third-order valence-electron chi connectivity index (χ3n) is 4.03. The van der Waals surface area contributed by atoms with E-state index in [2.05, 4.69) is 47.4 Å². The van der Waals surface area contributed by atoms with Crippen molar-refractivity contribution in [3.05, 3.63) is 120 Å². The molecule has 0 fully saturated rings. The van der Waals surface area contributed by atoms with E-state index in [-0.39, 0.29) is 11.6 Å². The van der Waals surface area contributed by atoms with E-state index in [1.54, 1.807) is 48.6 Å². The van der Waals surface area contributed by atoms with Crippen LogP contribution in [0.15, 0.2) is 120 Å². The van der Waals surface area contributed by atoms with Gasteiger partial charge in [-0.25, -0.2) is 0 Å². The Morgan fingerprint density at radius 1 is 0.389 bits per heavy atom. The van der Waals surface area contributed by atoms with Crippen LogP contribution >= 0.6 is 0 Å². The molecule has 0 bridgehead atoms. The average molecular weight is 469 g/mol. The summed E-state index contributed by atoms with van der Waals surface area (Å²) in [6, 6.07) is 0. The van der Waals surface area contributed by atoms with E-state index in [4.69, 9.17) is 0 Å². The van der Waals surface area contributed by atoms with Gasteiger partial charge in [-0.1, -0.05) is 96.6 Å². The van der Waals surface area contributed by atoms with Gasteiger partial charge in [-0.2, -0.15) is 0 Å². The second-order valence-corrected chi connectivity index (χ2v) is 7.41. The van der Waals surface area contributed by atoms with Crippen LogP contribution in [-0.2, 0) is 9.59 Å². The number of rotatable bonds is 0. The summed E-state index contributed by atoms with van der Waals surface area (Å²) in [7, 11) is 0. The zero-order valence-corrected chi connectivity index (χ0v) is 21.1. The molecule has 1 aliphatic rings. The van der Waals surface area contributed by atoms with Gasteiger partial charge in [0.2, 0.25) is 0 Å². The van der Waals surface area contributed by atoms with Crippen molar-refractivity contribution >= 4 is 11.6 Å². The smallest absolute Gasteiger partial charge is 0.178 e. The molecule has 0 amide bonds. The second-order valence-electron chi connectivity index (χ2n) is 7.41. The van der Waals surface area contributed by atoms with Crippen LogP contribution in [0.25, 0.3) is 0 Å². The molecule has 0 spiro atoms. The molecule has 36 heavy (non-hydrogen) atoms. The van der Waals surface area contributed by atoms with E-state index in [0.29, 0.717) is 0 Å². The van der Waals surface area contributed by atoms with Crippen molar-refractivity contribution in [2.75, 3.05) is 0 Å². The standard InChI is InChI=1S/C34H28O2/c1-29-17-7-5-9-25-33(35)27-15-23-31(3)21-13-14-22-32(4)24-16-28-34(36)26-10-6-8-18-30(2)20-12-11-19-29/h5-10,15-18,23-28H,1-4H3/b7-5+,8-6+,25-9+,26-10+,27-15+,28-16+,29-17-,30-18+,31-23-,32-24-. The fourth-order valence-electron chi connectivity index (χ4n) is 2.20. The Bertz CT molecular complexity index is 1280. The van der Waals surface area contributed by atoms with E-state index < -0.39 is 0 Å². The first-order valence-corrected chi connectivity index (χ1v) is 11.2. The summed E-state index contributed by atoms with van der Waals surface area (Å²) in [5.74, 6) is 22.6. The van der Waals surface area contributed by atoms with Gasteiger partial charge in [0, 0.05) is 0 Å². The minimum Gasteiger partial charge on any atom is -0.290 e. The first-order chi connectivity index (χ1) is 17.4. The molecule has 1 aliphatic carbocycles. The van der Waals surface area contributed by atoms with Crippen molar-refractivity contribution in [2.24, 2.45) is 0 Å². The zero-order chi connectivity index (χ0) is 26.4. The second kappa shape index (κ2) is 18.4. The summed E-state index contributed by atoms with van der Waals surface area (Å²) in [5.41, 5.74) is 3.26. The molecule has 176 valence electrons. The first kappa shape index (κ1) is 29.0. The van der Waals surface area contributed by atoms with Gasteiger partial charge < -0.3 is 0 Å². The Morgan fingerprint density at radius 2 is 0.667 bits per heavy atom. The molecule has 0 radical (unpaired) electrons. The molecule has 2 heteroatoms. The summed E-state index contributed by atoms with van der Waals surface area (Å²) >= 11 is 0. The van der Waals surface area contributed by atoms with Crippen molar-refractivity contribution in [1.29, 1.82) is 0 Å². The lowest BCUT2D eigenvalue weighted by molar-refractivity contribution is -0.111. The van der Waals surface area contributed by atoms with Crippen LogP contribution in [0.2, 0.25) is 0 Å². The van der Waals surface area contributed by atoms with Gasteiger partial charge in [0.15, 0.2) is 11.6 Å². The number of hydrogen-bond donors (Lipinski definition) is 0. The maximum Gasteiger partial charge on any atom is 0.178 e. The number of allylic oxidation sites excluding steroid dienone is 20. The maximum atomic E-state index is 11.9. The monoisotopic (exact) mass is 468 g/mol. The molecular formula is C34H28O2. The predicted molar refractivity (Wildman–Crippen MR) is 151 cm³/mol. The molecular weight excluding hydrogens is 440 g/mol. The first-order valence-electron chi connectivity index (χ1n) is 11.2. The highest BCUT2D eigenvalue weighted by Crippen LogP contribution is 1.95. The van der Waals surface area contributed by atoms with Crippen LogP contribution in [0, 0.1) is 47.4 Å². The highest BCUT2D eigenvalue weighted by atomic mass is 16.1. The fourth-order valence-corrected chi connectivity index (χ4v) is 2.20. The molecule has 0 saturated heterocycles. The maximum absolute atomic E-state index is 11.9. The fraction of sp³-hybridized carbons (Fsp3) is 0.118. The van der Waals surface area contributed by atoms with Crippen molar-refractivity contribution < 1.29 is 9.59 Å². The third kappa shape index (κ3) is 16.6. The van der Waals surface area contributed by atoms with Gasteiger partial charge in [-0.3, -0.25) is 9.59 Å². The van der Waals surface area contributed by atoms with Gasteiger partial charge in [-0.15, -0.1) is 0 Å². The number of hydrogen-bond acceptors (Lipinski definition) is 2. The van der Waals surface area contributed by atoms with Gasteiger partial charge in [-0.05, 0) is 98.0 Å². The SMILES string of the molecule is C/C1=C/C=C/C=C/C(=O)/C=C/C=C(/C)C#CC#C/C(C)=C\C=C\C(=O)/C=C/C=C/C=C(\C)C#CC#C1. The summed E-state index contributed by atoms with van der Waals surface area (Å²) in [5, 5.41) is 0. The van der Waals surface area contributed by atoms with Crippen molar-refractivity contribution in [3.63, 3.8) is 0 Å². The van der Waals surface area contributed by atoms with Crippen LogP contribution in [-0.4, -0.2) is 11.6 Å². The molecule has 0 saturated carbocycles. The molecule has 0 aromatic rings. The minimum absolute atomic E-state index is 0.132. The molecule has 1 rings (SSSR count). The molecule has 0 aromatic heterocycles. The highest BCUT2D eigenvalue weighted by molar-refractivity contribution is 6.00. The highest BCUT2D eigenvalue weighted by Gasteiger charge is 1.87. The van der Waals surface area contributed by atoms with Crippen LogP contribution in [0.3, 0.4) is 0 Å². The Kier molecular flexibility index (Phi) is 14.8. The molecule has 0 aliphatic heterocycles. The molecule has 0 aromatic carbocycles. The quantitative estimate of drug-likeness (QED) is 0.393. The van der Waals surface area contributed by atoms with Crippen molar-refractivity contribution in [1.82, 2.24) is 0 Å². The van der Waals surface area contributed by atoms with E-state index in [9.17, 15) is 9.59 Å². The Morgan fingerprint density at radius 3 is 1.00 bits per heavy atom. The third-order valence-corrected chi connectivity index (χ3v) is 4.03. The van der Waals surface area contributed by atoms with Crippen LogP contribution in [0.1, 0.15) is 27.7 Å². The lowest BCUT2D eigenvalue weighted by atomic mass is 10.2. The molecule has 0 atom stereocenters. The molecule has 2 nitrogen and oxygen atoms in total. The lowest BCUT2D eigenvalue weighted by Gasteiger charge is -1.84. The topological polar surface area (TPSA) is 34.1 Å². The minimum atomic E-state index is -0.132. The van der Waals surface area contributed by atoms with Crippen molar-refractivity contribution in [2.45, 2.75) is 27.7 Å². The van der Waals surface area contributed by atoms with E-state index in [0.717, 1.165) is 22.3 Å². The number of carbonyl (C=O) groups is 2. The van der Waals surface area contributed by atoms with Crippen LogP contribution < -0.4 is 0 Å². The van der Waals surface area contributed by atoms with Gasteiger partial charge in [0.25, 0.3) is 0 Å². The van der Waals surface area contributed by atoms with Gasteiger partial charge >= 0.3 is 0 Å². The van der Waals surface area contributed by atoms with Crippen LogP contribution in [0.4, 0.5) is 0 Å². The predicted octanol–water partition coefficient (Wildman–Crippen LogP) is 6.27. The largest absolute Gasteiger partial charge is 0.290 e. The number of ketones is 2. The summed E-state index contributed by atoms with van der Waals surface area (Å²) in [6.07, 6.45) is 26.9. The zero-order valence-electron chi connectivity index (χ0n) is 21.1.